The molecule has 1 aliphatic rings. The summed E-state index contributed by atoms with van der Waals surface area (Å²) in [6, 6.07) is 5.70. The van der Waals surface area contributed by atoms with Gasteiger partial charge in [0.1, 0.15) is 4.32 Å². The summed E-state index contributed by atoms with van der Waals surface area (Å²) >= 11 is 5.88. The minimum atomic E-state index is -4.96. The third-order valence-electron chi connectivity index (χ3n) is 2.34. The zero-order chi connectivity index (χ0) is 15.6. The van der Waals surface area contributed by atoms with Crippen LogP contribution in [0.15, 0.2) is 29.2 Å². The monoisotopic (exact) mass is 332 g/mol. The van der Waals surface area contributed by atoms with E-state index < -0.39 is 12.1 Å². The van der Waals surface area contributed by atoms with Crippen LogP contribution in [0.1, 0.15) is 5.56 Å². The lowest BCUT2D eigenvalue weighted by molar-refractivity contribution is -0.167. The van der Waals surface area contributed by atoms with E-state index in [2.05, 4.69) is 5.32 Å². The maximum atomic E-state index is 12.2. The molecule has 0 atom stereocenters. The van der Waals surface area contributed by atoms with Crippen molar-refractivity contribution >= 4 is 51.9 Å². The van der Waals surface area contributed by atoms with Gasteiger partial charge in [-0.05, 0) is 23.8 Å². The van der Waals surface area contributed by atoms with Crippen molar-refractivity contribution in [3.8, 4) is 0 Å². The third kappa shape index (κ3) is 4.05. The molecule has 0 unspecified atom stereocenters. The lowest BCUT2D eigenvalue weighted by atomic mass is 10.2. The molecule has 0 aromatic heterocycles. The second-order valence-electron chi connectivity index (χ2n) is 3.93. The summed E-state index contributed by atoms with van der Waals surface area (Å²) in [6.45, 7) is 0. The van der Waals surface area contributed by atoms with Gasteiger partial charge in [-0.3, -0.25) is 9.59 Å². The highest BCUT2D eigenvalue weighted by molar-refractivity contribution is 8.26. The maximum Gasteiger partial charge on any atom is 0.471 e. The molecule has 1 saturated heterocycles. The molecule has 21 heavy (non-hydrogen) atoms. The van der Waals surface area contributed by atoms with Crippen molar-refractivity contribution in [2.45, 2.75) is 6.18 Å². The van der Waals surface area contributed by atoms with Crippen LogP contribution < -0.4 is 10.6 Å². The normalized spacial score (nSPS) is 17.0. The van der Waals surface area contributed by atoms with Gasteiger partial charge in [-0.15, -0.1) is 0 Å². The Morgan fingerprint density at radius 2 is 2.10 bits per heavy atom. The number of rotatable bonds is 2. The van der Waals surface area contributed by atoms with Gasteiger partial charge in [-0.25, -0.2) is 0 Å². The highest BCUT2D eigenvalue weighted by Gasteiger charge is 2.38. The largest absolute Gasteiger partial charge is 0.471 e. The van der Waals surface area contributed by atoms with Gasteiger partial charge in [-0.2, -0.15) is 13.2 Å². The van der Waals surface area contributed by atoms with E-state index >= 15 is 0 Å². The highest BCUT2D eigenvalue weighted by atomic mass is 32.2. The van der Waals surface area contributed by atoms with Crippen molar-refractivity contribution in [3.63, 3.8) is 0 Å². The van der Waals surface area contributed by atoms with Crippen LogP contribution in [0.25, 0.3) is 6.08 Å². The first-order chi connectivity index (χ1) is 9.75. The third-order valence-corrected chi connectivity index (χ3v) is 3.50. The molecule has 0 bridgehead atoms. The van der Waals surface area contributed by atoms with E-state index in [0.29, 0.717) is 14.8 Å². The van der Waals surface area contributed by atoms with E-state index in [4.69, 9.17) is 12.2 Å². The Morgan fingerprint density at radius 1 is 1.38 bits per heavy atom. The average Bonchev–Trinajstić information content (AvgIpc) is 2.67. The van der Waals surface area contributed by atoms with Crippen molar-refractivity contribution in [1.29, 1.82) is 0 Å². The fourth-order valence-electron chi connectivity index (χ4n) is 1.48. The standard InChI is InChI=1S/C12H7F3N2O2S2/c13-12(14,15)10(19)16-7-3-1-2-6(4-7)5-8-9(18)17-11(20)21-8/h1-5H,(H,16,19)(H,17,18,20)/b8-5+. The van der Waals surface area contributed by atoms with E-state index in [1.807, 2.05) is 0 Å². The minimum Gasteiger partial charge on any atom is -0.318 e. The molecule has 1 aromatic rings. The molecule has 2 rings (SSSR count). The molecule has 1 heterocycles. The van der Waals surface area contributed by atoms with Crippen LogP contribution in [0, 0.1) is 0 Å². The number of amides is 2. The number of carbonyl (C=O) groups is 2. The molecular formula is C12H7F3N2O2S2. The second kappa shape index (κ2) is 5.86. The number of halogens is 3. The predicted molar refractivity (Wildman–Crippen MR) is 77.4 cm³/mol. The molecule has 4 nitrogen and oxygen atoms in total. The number of thiocarbonyl (C=S) groups is 1. The van der Waals surface area contributed by atoms with E-state index in [-0.39, 0.29) is 11.6 Å². The van der Waals surface area contributed by atoms with Crippen LogP contribution >= 0.6 is 24.0 Å². The summed E-state index contributed by atoms with van der Waals surface area (Å²) in [7, 11) is 0. The first-order valence-electron chi connectivity index (χ1n) is 5.49. The number of nitrogens with one attached hydrogen (secondary N) is 2. The van der Waals surface area contributed by atoms with E-state index in [0.717, 1.165) is 11.8 Å². The molecule has 1 aliphatic heterocycles. The summed E-state index contributed by atoms with van der Waals surface area (Å²) in [5.41, 5.74) is 0.454. The molecule has 9 heteroatoms. The number of thioether (sulfide) groups is 1. The smallest absolute Gasteiger partial charge is 0.318 e. The van der Waals surface area contributed by atoms with E-state index in [1.54, 1.807) is 11.4 Å². The van der Waals surface area contributed by atoms with Gasteiger partial charge in [0.2, 0.25) is 0 Å². The van der Waals surface area contributed by atoms with E-state index in [1.165, 1.54) is 24.3 Å². The van der Waals surface area contributed by atoms with Crippen LogP contribution in [0.3, 0.4) is 0 Å². The van der Waals surface area contributed by atoms with Crippen molar-refractivity contribution in [1.82, 2.24) is 5.32 Å². The Kier molecular flexibility index (Phi) is 4.33. The van der Waals surface area contributed by atoms with E-state index in [9.17, 15) is 22.8 Å². The zero-order valence-corrected chi connectivity index (χ0v) is 11.8. The summed E-state index contributed by atoms with van der Waals surface area (Å²) in [5.74, 6) is -2.42. The summed E-state index contributed by atoms with van der Waals surface area (Å²) in [5, 5.41) is 4.16. The van der Waals surface area contributed by atoms with Crippen molar-refractivity contribution in [2.75, 3.05) is 5.32 Å². The Labute approximate surface area is 126 Å². The van der Waals surface area contributed by atoms with Crippen LogP contribution in [-0.4, -0.2) is 22.3 Å². The number of alkyl halides is 3. The first-order valence-corrected chi connectivity index (χ1v) is 6.71. The summed E-state index contributed by atoms with van der Waals surface area (Å²) < 4.78 is 36.8. The Hall–Kier alpha value is -1.87. The number of hydrogen-bond acceptors (Lipinski definition) is 4. The molecule has 2 amide bonds. The molecule has 0 radical (unpaired) electrons. The lowest BCUT2D eigenvalue weighted by Crippen LogP contribution is -2.29. The number of anilines is 1. The van der Waals surface area contributed by atoms with Gasteiger partial charge in [0.05, 0.1) is 4.91 Å². The average molecular weight is 332 g/mol. The van der Waals surface area contributed by atoms with Gasteiger partial charge >= 0.3 is 12.1 Å². The van der Waals surface area contributed by atoms with Crippen LogP contribution in [0.2, 0.25) is 0 Å². The lowest BCUT2D eigenvalue weighted by Gasteiger charge is -2.08. The number of benzene rings is 1. The van der Waals surface area contributed by atoms with Crippen molar-refractivity contribution in [3.05, 3.63) is 34.7 Å². The molecular weight excluding hydrogens is 325 g/mol. The van der Waals surface area contributed by atoms with Crippen LogP contribution in [-0.2, 0) is 9.59 Å². The van der Waals surface area contributed by atoms with Gasteiger partial charge in [0, 0.05) is 5.69 Å². The molecule has 2 N–H and O–H groups in total. The molecule has 1 aromatic carbocycles. The van der Waals surface area contributed by atoms with Crippen molar-refractivity contribution in [2.24, 2.45) is 0 Å². The molecule has 0 aliphatic carbocycles. The Balaban J connectivity index is 2.19. The number of hydrogen-bond donors (Lipinski definition) is 2. The Morgan fingerprint density at radius 3 is 2.67 bits per heavy atom. The maximum absolute atomic E-state index is 12.2. The SMILES string of the molecule is O=C1NC(=S)S/C1=C/c1cccc(NC(=O)C(F)(F)F)c1. The van der Waals surface area contributed by atoms with Gasteiger partial charge in [-0.1, -0.05) is 36.1 Å². The Bertz CT molecular complexity index is 656. The van der Waals surface area contributed by atoms with Crippen molar-refractivity contribution < 1.29 is 22.8 Å². The molecule has 110 valence electrons. The first kappa shape index (κ1) is 15.5. The predicted octanol–water partition coefficient (Wildman–Crippen LogP) is 2.68. The molecule has 1 fully saturated rings. The molecule has 0 spiro atoms. The second-order valence-corrected chi connectivity index (χ2v) is 5.65. The van der Waals surface area contributed by atoms with Gasteiger partial charge < -0.3 is 10.6 Å². The number of carbonyl (C=O) groups excluding carboxylic acids is 2. The zero-order valence-electron chi connectivity index (χ0n) is 10.2. The summed E-state index contributed by atoms with van der Waals surface area (Å²) in [6.07, 6.45) is -3.48. The quantitative estimate of drug-likeness (QED) is 0.646. The fraction of sp³-hybridized carbons (Fsp3) is 0.0833. The summed E-state index contributed by atoms with van der Waals surface area (Å²) in [4.78, 5) is 22.7. The van der Waals surface area contributed by atoms with Gasteiger partial charge in [0.25, 0.3) is 5.91 Å². The molecule has 0 saturated carbocycles. The van der Waals surface area contributed by atoms with Crippen LogP contribution in [0.5, 0.6) is 0 Å². The fourth-order valence-corrected chi connectivity index (χ4v) is 2.52. The highest BCUT2D eigenvalue weighted by Crippen LogP contribution is 2.26. The topological polar surface area (TPSA) is 58.2 Å². The minimum absolute atomic E-state index is 0.0161. The van der Waals surface area contributed by atoms with Gasteiger partial charge in [0.15, 0.2) is 0 Å². The van der Waals surface area contributed by atoms with Crippen LogP contribution in [0.4, 0.5) is 18.9 Å².